The van der Waals surface area contributed by atoms with Gasteiger partial charge in [0.15, 0.2) is 0 Å². The Morgan fingerprint density at radius 1 is 1.50 bits per heavy atom. The first-order valence-electron chi connectivity index (χ1n) is 4.94. The van der Waals surface area contributed by atoms with Crippen LogP contribution >= 0.6 is 0 Å². The van der Waals surface area contributed by atoms with Gasteiger partial charge in [-0.2, -0.15) is 0 Å². The van der Waals surface area contributed by atoms with Crippen LogP contribution in [0.2, 0.25) is 0 Å². The maximum absolute atomic E-state index is 4.42. The summed E-state index contributed by atoms with van der Waals surface area (Å²) >= 11 is 0. The Morgan fingerprint density at radius 2 is 2.36 bits per heavy atom. The van der Waals surface area contributed by atoms with Gasteiger partial charge in [0.2, 0.25) is 0 Å². The molecule has 0 fully saturated rings. The van der Waals surface area contributed by atoms with Crippen LogP contribution in [0.4, 0.5) is 0 Å². The lowest BCUT2D eigenvalue weighted by molar-refractivity contribution is 0.726. The first-order chi connectivity index (χ1) is 6.79. The fourth-order valence-electron chi connectivity index (χ4n) is 1.53. The molecular weight excluding hydrogens is 174 g/mol. The molecule has 3 nitrogen and oxygen atoms in total. The molecule has 2 heterocycles. The fraction of sp³-hybridized carbons (Fsp3) is 0.364. The van der Waals surface area contributed by atoms with Crippen molar-refractivity contribution in [2.45, 2.75) is 20.4 Å². The summed E-state index contributed by atoms with van der Waals surface area (Å²) in [5, 5.41) is 3.30. The van der Waals surface area contributed by atoms with Gasteiger partial charge >= 0.3 is 0 Å². The maximum atomic E-state index is 4.42. The quantitative estimate of drug-likeness (QED) is 0.797. The zero-order valence-corrected chi connectivity index (χ0v) is 8.62. The Morgan fingerprint density at radius 3 is 3.14 bits per heavy atom. The first kappa shape index (κ1) is 9.21. The summed E-state index contributed by atoms with van der Waals surface area (Å²) < 4.78 is 2.05. The summed E-state index contributed by atoms with van der Waals surface area (Å²) in [6.07, 6.45) is 4.09. The molecule has 0 atom stereocenters. The van der Waals surface area contributed by atoms with E-state index in [0.29, 0.717) is 0 Å². The van der Waals surface area contributed by atoms with Crippen molar-refractivity contribution in [2.24, 2.45) is 0 Å². The van der Waals surface area contributed by atoms with E-state index in [1.165, 1.54) is 5.56 Å². The van der Waals surface area contributed by atoms with Gasteiger partial charge in [0, 0.05) is 18.9 Å². The van der Waals surface area contributed by atoms with Crippen LogP contribution in [0.1, 0.15) is 18.2 Å². The van der Waals surface area contributed by atoms with Gasteiger partial charge in [-0.25, -0.2) is 4.98 Å². The highest BCUT2D eigenvalue weighted by atomic mass is 15.0. The molecule has 2 rings (SSSR count). The van der Waals surface area contributed by atoms with Crippen molar-refractivity contribution in [3.63, 3.8) is 0 Å². The average molecular weight is 189 g/mol. The van der Waals surface area contributed by atoms with Gasteiger partial charge in [-0.1, -0.05) is 6.92 Å². The number of imidazole rings is 1. The molecule has 3 heteroatoms. The summed E-state index contributed by atoms with van der Waals surface area (Å²) in [6.45, 7) is 6.03. The van der Waals surface area contributed by atoms with Gasteiger partial charge in [-0.15, -0.1) is 0 Å². The Bertz CT molecular complexity index is 431. The number of rotatable bonds is 3. The standard InChI is InChI=1S/C11H15N3/c1-3-12-7-10-4-5-14-8-9(2)13-11(14)6-10/h4-6,8,12H,3,7H2,1-2H3. The van der Waals surface area contributed by atoms with Gasteiger partial charge in [-0.3, -0.25) is 0 Å². The Labute approximate surface area is 83.8 Å². The van der Waals surface area contributed by atoms with E-state index in [1.54, 1.807) is 0 Å². The normalized spacial score (nSPS) is 11.0. The molecule has 0 saturated heterocycles. The number of pyridine rings is 1. The van der Waals surface area contributed by atoms with E-state index in [2.05, 4.69) is 35.6 Å². The average Bonchev–Trinajstić information content (AvgIpc) is 2.54. The predicted octanol–water partition coefficient (Wildman–Crippen LogP) is 1.75. The third-order valence-electron chi connectivity index (χ3n) is 2.22. The molecule has 0 saturated carbocycles. The monoisotopic (exact) mass is 189 g/mol. The number of aromatic nitrogens is 2. The molecule has 2 aromatic heterocycles. The molecule has 74 valence electrons. The topological polar surface area (TPSA) is 29.3 Å². The molecule has 0 amide bonds. The second-order valence-electron chi connectivity index (χ2n) is 3.46. The third-order valence-corrected chi connectivity index (χ3v) is 2.22. The second-order valence-corrected chi connectivity index (χ2v) is 3.46. The molecule has 0 aromatic carbocycles. The van der Waals surface area contributed by atoms with Gasteiger partial charge in [0.05, 0.1) is 5.69 Å². The van der Waals surface area contributed by atoms with E-state index in [9.17, 15) is 0 Å². The fourth-order valence-corrected chi connectivity index (χ4v) is 1.53. The number of nitrogens with one attached hydrogen (secondary N) is 1. The highest BCUT2D eigenvalue weighted by Crippen LogP contribution is 2.07. The summed E-state index contributed by atoms with van der Waals surface area (Å²) in [7, 11) is 0. The largest absolute Gasteiger partial charge is 0.313 e. The maximum Gasteiger partial charge on any atom is 0.137 e. The van der Waals surface area contributed by atoms with Crippen molar-refractivity contribution in [3.05, 3.63) is 35.8 Å². The van der Waals surface area contributed by atoms with Crippen molar-refractivity contribution in [3.8, 4) is 0 Å². The van der Waals surface area contributed by atoms with Crippen molar-refractivity contribution in [2.75, 3.05) is 6.54 Å². The van der Waals surface area contributed by atoms with Crippen LogP contribution < -0.4 is 5.32 Å². The minimum absolute atomic E-state index is 0.916. The number of hydrogen-bond donors (Lipinski definition) is 1. The van der Waals surface area contributed by atoms with Gasteiger partial charge in [0.25, 0.3) is 0 Å². The summed E-state index contributed by atoms with van der Waals surface area (Å²) in [5.74, 6) is 0. The molecule has 0 aliphatic heterocycles. The molecule has 1 N–H and O–H groups in total. The SMILES string of the molecule is CCNCc1ccn2cc(C)nc2c1. The van der Waals surface area contributed by atoms with Crippen LogP contribution in [0, 0.1) is 6.92 Å². The molecule has 2 aromatic rings. The van der Waals surface area contributed by atoms with Crippen molar-refractivity contribution < 1.29 is 0 Å². The van der Waals surface area contributed by atoms with Crippen LogP contribution in [-0.4, -0.2) is 15.9 Å². The van der Waals surface area contributed by atoms with Crippen molar-refractivity contribution in [1.29, 1.82) is 0 Å². The van der Waals surface area contributed by atoms with Crippen LogP contribution in [0.25, 0.3) is 5.65 Å². The van der Waals surface area contributed by atoms with Gasteiger partial charge in [0.1, 0.15) is 5.65 Å². The van der Waals surface area contributed by atoms with Crippen molar-refractivity contribution in [1.82, 2.24) is 14.7 Å². The third kappa shape index (κ3) is 1.77. The summed E-state index contributed by atoms with van der Waals surface area (Å²) in [6, 6.07) is 4.24. The van der Waals surface area contributed by atoms with E-state index in [-0.39, 0.29) is 0 Å². The Kier molecular flexibility index (Phi) is 2.50. The lowest BCUT2D eigenvalue weighted by Crippen LogP contribution is -2.11. The molecule has 14 heavy (non-hydrogen) atoms. The lowest BCUT2D eigenvalue weighted by Gasteiger charge is -2.01. The zero-order chi connectivity index (χ0) is 9.97. The van der Waals surface area contributed by atoms with E-state index in [0.717, 1.165) is 24.4 Å². The molecule has 0 bridgehead atoms. The Hall–Kier alpha value is -1.35. The van der Waals surface area contributed by atoms with Crippen LogP contribution in [-0.2, 0) is 6.54 Å². The zero-order valence-electron chi connectivity index (χ0n) is 8.62. The minimum Gasteiger partial charge on any atom is -0.313 e. The molecule has 0 aliphatic rings. The van der Waals surface area contributed by atoms with E-state index in [1.807, 2.05) is 17.5 Å². The van der Waals surface area contributed by atoms with Crippen molar-refractivity contribution >= 4 is 5.65 Å². The summed E-state index contributed by atoms with van der Waals surface area (Å²) in [5.41, 5.74) is 3.37. The van der Waals surface area contributed by atoms with Gasteiger partial charge in [-0.05, 0) is 31.2 Å². The number of hydrogen-bond acceptors (Lipinski definition) is 2. The first-order valence-corrected chi connectivity index (χ1v) is 4.94. The number of aryl methyl sites for hydroxylation is 1. The second kappa shape index (κ2) is 3.80. The highest BCUT2D eigenvalue weighted by Gasteiger charge is 1.98. The predicted molar refractivity (Wildman–Crippen MR) is 57.3 cm³/mol. The van der Waals surface area contributed by atoms with Gasteiger partial charge < -0.3 is 9.72 Å². The van der Waals surface area contributed by atoms with Crippen LogP contribution in [0.15, 0.2) is 24.5 Å². The smallest absolute Gasteiger partial charge is 0.137 e. The molecular formula is C11H15N3. The van der Waals surface area contributed by atoms with E-state index in [4.69, 9.17) is 0 Å². The number of fused-ring (bicyclic) bond motifs is 1. The Balaban J connectivity index is 2.31. The summed E-state index contributed by atoms with van der Waals surface area (Å²) in [4.78, 5) is 4.42. The molecule has 0 aliphatic carbocycles. The van der Waals surface area contributed by atoms with Crippen LogP contribution in [0.3, 0.4) is 0 Å². The van der Waals surface area contributed by atoms with E-state index < -0.39 is 0 Å². The lowest BCUT2D eigenvalue weighted by atomic mass is 10.2. The van der Waals surface area contributed by atoms with Crippen LogP contribution in [0.5, 0.6) is 0 Å². The molecule has 0 radical (unpaired) electrons. The highest BCUT2D eigenvalue weighted by molar-refractivity contribution is 5.42. The molecule has 0 spiro atoms. The minimum atomic E-state index is 0.916. The molecule has 0 unspecified atom stereocenters. The number of nitrogens with zero attached hydrogens (tertiary/aromatic N) is 2. The van der Waals surface area contributed by atoms with E-state index >= 15 is 0 Å².